The third-order valence-corrected chi connectivity index (χ3v) is 2.50. The molecule has 1 rings (SSSR count). The van der Waals surface area contributed by atoms with Crippen LogP contribution >= 0.6 is 0 Å². The minimum Gasteiger partial charge on any atom is -0.465 e. The lowest BCUT2D eigenvalue weighted by Crippen LogP contribution is -2.27. The maximum atomic E-state index is 13.5. The first-order valence-corrected chi connectivity index (χ1v) is 5.78. The molecule has 1 atom stereocenters. The molecule has 1 unspecified atom stereocenters. The number of benzene rings is 1. The summed E-state index contributed by atoms with van der Waals surface area (Å²) in [4.78, 5) is 23.7. The maximum absolute atomic E-state index is 13.5. The zero-order valence-corrected chi connectivity index (χ0v) is 10.5. The summed E-state index contributed by atoms with van der Waals surface area (Å²) in [5.74, 6) is -5.01. The Kier molecular flexibility index (Phi) is 5.36. The van der Waals surface area contributed by atoms with Crippen molar-refractivity contribution in [3.8, 4) is 0 Å². The van der Waals surface area contributed by atoms with E-state index in [1.807, 2.05) is 0 Å². The molecule has 0 heterocycles. The van der Waals surface area contributed by atoms with Crippen LogP contribution in [0.15, 0.2) is 30.9 Å². The number of rotatable bonds is 6. The van der Waals surface area contributed by atoms with Crippen LogP contribution in [0.4, 0.5) is 8.78 Å². The fourth-order valence-corrected chi connectivity index (χ4v) is 1.63. The van der Waals surface area contributed by atoms with Crippen molar-refractivity contribution < 1.29 is 23.1 Å². The Morgan fingerprint density at radius 3 is 2.42 bits per heavy atom. The highest BCUT2D eigenvalue weighted by Crippen LogP contribution is 2.20. The van der Waals surface area contributed by atoms with Crippen LogP contribution in [0.3, 0.4) is 0 Å². The van der Waals surface area contributed by atoms with Crippen LogP contribution in [-0.2, 0) is 9.53 Å². The Hall–Kier alpha value is -2.04. The highest BCUT2D eigenvalue weighted by molar-refractivity contribution is 6.09. The lowest BCUT2D eigenvalue weighted by Gasteiger charge is -2.13. The van der Waals surface area contributed by atoms with Crippen LogP contribution in [0.25, 0.3) is 0 Å². The summed E-state index contributed by atoms with van der Waals surface area (Å²) in [5, 5.41) is 0. The molecule has 5 heteroatoms. The Morgan fingerprint density at radius 2 is 1.95 bits per heavy atom. The number of hydrogen-bond acceptors (Lipinski definition) is 3. The van der Waals surface area contributed by atoms with Gasteiger partial charge in [-0.2, -0.15) is 0 Å². The van der Waals surface area contributed by atoms with Gasteiger partial charge in [0.1, 0.15) is 17.6 Å². The molecule has 0 aromatic heterocycles. The first kappa shape index (κ1) is 15.0. The molecule has 1 aromatic rings. The van der Waals surface area contributed by atoms with Gasteiger partial charge in [0.25, 0.3) is 0 Å². The first-order chi connectivity index (χ1) is 9.02. The lowest BCUT2D eigenvalue weighted by molar-refractivity contribution is -0.146. The predicted octanol–water partition coefficient (Wildman–Crippen LogP) is 2.90. The molecule has 0 N–H and O–H groups in total. The van der Waals surface area contributed by atoms with Crippen LogP contribution in [0.5, 0.6) is 0 Å². The summed E-state index contributed by atoms with van der Waals surface area (Å²) in [5.41, 5.74) is -0.720. The highest BCUT2D eigenvalue weighted by atomic mass is 19.1. The van der Waals surface area contributed by atoms with Crippen molar-refractivity contribution in [1.82, 2.24) is 0 Å². The number of Topliss-reactive ketones (excluding diaryl/α,β-unsaturated/α-hetero) is 1. The van der Waals surface area contributed by atoms with E-state index in [0.717, 1.165) is 18.2 Å². The number of carbonyl (C=O) groups excluding carboxylic acids is 2. The van der Waals surface area contributed by atoms with Crippen LogP contribution in [0.2, 0.25) is 0 Å². The van der Waals surface area contributed by atoms with Gasteiger partial charge in [0.15, 0.2) is 5.78 Å². The van der Waals surface area contributed by atoms with Crippen molar-refractivity contribution >= 4 is 11.8 Å². The minimum atomic E-state index is -1.27. The number of halogens is 2. The number of ether oxygens (including phenoxy) is 1. The van der Waals surface area contributed by atoms with E-state index in [1.165, 1.54) is 6.08 Å². The average Bonchev–Trinajstić information content (AvgIpc) is 2.35. The molecule has 1 aromatic carbocycles. The van der Waals surface area contributed by atoms with E-state index >= 15 is 0 Å². The van der Waals surface area contributed by atoms with E-state index < -0.39 is 34.9 Å². The van der Waals surface area contributed by atoms with Gasteiger partial charge in [-0.3, -0.25) is 9.59 Å². The van der Waals surface area contributed by atoms with E-state index in [-0.39, 0.29) is 13.0 Å². The third kappa shape index (κ3) is 3.47. The number of esters is 1. The Bertz CT molecular complexity index is 477. The normalized spacial score (nSPS) is 11.7. The van der Waals surface area contributed by atoms with Gasteiger partial charge >= 0.3 is 5.97 Å². The van der Waals surface area contributed by atoms with Crippen molar-refractivity contribution in [1.29, 1.82) is 0 Å². The molecule has 0 amide bonds. The SMILES string of the molecule is C=CCC(C(=O)OCC)C(=O)c1c(F)cccc1F. The van der Waals surface area contributed by atoms with Crippen molar-refractivity contribution in [3.05, 3.63) is 48.1 Å². The monoisotopic (exact) mass is 268 g/mol. The summed E-state index contributed by atoms with van der Waals surface area (Å²) in [7, 11) is 0. The molecule has 0 aliphatic carbocycles. The van der Waals surface area contributed by atoms with Gasteiger partial charge in [0.2, 0.25) is 0 Å². The summed E-state index contributed by atoms with van der Waals surface area (Å²) in [6.45, 7) is 5.08. The smallest absolute Gasteiger partial charge is 0.317 e. The number of ketones is 1. The summed E-state index contributed by atoms with van der Waals surface area (Å²) in [6.07, 6.45) is 1.30. The van der Waals surface area contributed by atoms with E-state index in [1.54, 1.807) is 6.92 Å². The second-order valence-electron chi connectivity index (χ2n) is 3.79. The Balaban J connectivity index is 3.12. The molecule has 0 saturated heterocycles. The summed E-state index contributed by atoms with van der Waals surface area (Å²) >= 11 is 0. The van der Waals surface area contributed by atoms with E-state index in [0.29, 0.717) is 0 Å². The Labute approximate surface area is 109 Å². The van der Waals surface area contributed by atoms with Gasteiger partial charge in [0, 0.05) is 0 Å². The van der Waals surface area contributed by atoms with Crippen LogP contribution < -0.4 is 0 Å². The van der Waals surface area contributed by atoms with E-state index in [4.69, 9.17) is 4.74 Å². The van der Waals surface area contributed by atoms with Crippen molar-refractivity contribution in [2.24, 2.45) is 5.92 Å². The molecule has 0 aliphatic rings. The zero-order chi connectivity index (χ0) is 14.4. The van der Waals surface area contributed by atoms with E-state index in [9.17, 15) is 18.4 Å². The molecule has 0 bridgehead atoms. The van der Waals surface area contributed by atoms with Crippen molar-refractivity contribution in [2.45, 2.75) is 13.3 Å². The summed E-state index contributed by atoms with van der Waals surface area (Å²) < 4.78 is 31.8. The molecule has 0 spiro atoms. The number of carbonyl (C=O) groups is 2. The second-order valence-corrected chi connectivity index (χ2v) is 3.79. The van der Waals surface area contributed by atoms with Gasteiger partial charge in [-0.25, -0.2) is 8.78 Å². The highest BCUT2D eigenvalue weighted by Gasteiger charge is 2.31. The second kappa shape index (κ2) is 6.78. The number of hydrogen-bond donors (Lipinski definition) is 0. The van der Waals surface area contributed by atoms with Crippen molar-refractivity contribution in [2.75, 3.05) is 6.61 Å². The molecule has 3 nitrogen and oxygen atoms in total. The zero-order valence-electron chi connectivity index (χ0n) is 10.5. The standard InChI is InChI=1S/C14H14F2O3/c1-3-6-9(14(18)19-4-2)13(17)12-10(15)7-5-8-11(12)16/h3,5,7-9H,1,4,6H2,2H3. The largest absolute Gasteiger partial charge is 0.465 e. The molecular formula is C14H14F2O3. The van der Waals surface area contributed by atoms with Gasteiger partial charge in [0.05, 0.1) is 12.2 Å². The molecule has 0 fully saturated rings. The minimum absolute atomic E-state index is 0.0363. The van der Waals surface area contributed by atoms with E-state index in [2.05, 4.69) is 6.58 Å². The van der Waals surface area contributed by atoms with Crippen LogP contribution in [0, 0.1) is 17.6 Å². The molecule has 0 saturated carbocycles. The first-order valence-electron chi connectivity index (χ1n) is 5.78. The fraction of sp³-hybridized carbons (Fsp3) is 0.286. The van der Waals surface area contributed by atoms with Crippen LogP contribution in [-0.4, -0.2) is 18.4 Å². The summed E-state index contributed by atoms with van der Waals surface area (Å²) in [6, 6.07) is 3.08. The van der Waals surface area contributed by atoms with Gasteiger partial charge in [-0.15, -0.1) is 6.58 Å². The number of allylic oxidation sites excluding steroid dienone is 1. The molecule has 19 heavy (non-hydrogen) atoms. The lowest BCUT2D eigenvalue weighted by atomic mass is 9.94. The fourth-order valence-electron chi connectivity index (χ4n) is 1.63. The van der Waals surface area contributed by atoms with Gasteiger partial charge < -0.3 is 4.74 Å². The predicted molar refractivity (Wildman–Crippen MR) is 65.6 cm³/mol. The molecule has 0 radical (unpaired) electrons. The Morgan fingerprint density at radius 1 is 1.37 bits per heavy atom. The molecular weight excluding hydrogens is 254 g/mol. The molecule has 102 valence electrons. The van der Waals surface area contributed by atoms with Crippen molar-refractivity contribution in [3.63, 3.8) is 0 Å². The topological polar surface area (TPSA) is 43.4 Å². The quantitative estimate of drug-likeness (QED) is 0.345. The maximum Gasteiger partial charge on any atom is 0.317 e. The average molecular weight is 268 g/mol. The molecule has 0 aliphatic heterocycles. The third-order valence-electron chi connectivity index (χ3n) is 2.50. The van der Waals surface area contributed by atoms with Gasteiger partial charge in [-0.1, -0.05) is 12.1 Å². The van der Waals surface area contributed by atoms with Crippen LogP contribution in [0.1, 0.15) is 23.7 Å². The van der Waals surface area contributed by atoms with Gasteiger partial charge in [-0.05, 0) is 25.5 Å².